The average molecular weight is 276 g/mol. The van der Waals surface area contributed by atoms with Crippen molar-refractivity contribution in [1.82, 2.24) is 10.2 Å². The first-order valence-electron chi connectivity index (χ1n) is 7.17. The summed E-state index contributed by atoms with van der Waals surface area (Å²) in [7, 11) is 2.10. The number of nitrogens with zero attached hydrogens (tertiary/aromatic N) is 1. The fraction of sp³-hybridized carbons (Fsp3) is 0.533. The van der Waals surface area contributed by atoms with E-state index in [4.69, 9.17) is 5.73 Å². The molecule has 0 aliphatic heterocycles. The van der Waals surface area contributed by atoms with Crippen molar-refractivity contribution in [1.29, 1.82) is 0 Å². The zero-order valence-electron chi connectivity index (χ0n) is 12.2. The number of carbonyl (C=O) groups is 1. The van der Waals surface area contributed by atoms with Crippen LogP contribution < -0.4 is 16.4 Å². The number of hydrogen-bond acceptors (Lipinski definition) is 3. The smallest absolute Gasteiger partial charge is 0.319 e. The number of nitrogens with two attached hydrogens (primary N) is 1. The first kappa shape index (κ1) is 14.8. The maximum absolute atomic E-state index is 11.8. The molecule has 0 saturated heterocycles. The minimum atomic E-state index is -0.170. The van der Waals surface area contributed by atoms with E-state index in [0.29, 0.717) is 6.54 Å². The van der Waals surface area contributed by atoms with Crippen LogP contribution >= 0.6 is 0 Å². The molecule has 0 spiro atoms. The maximum Gasteiger partial charge on any atom is 0.319 e. The third kappa shape index (κ3) is 4.51. The highest BCUT2D eigenvalue weighted by Gasteiger charge is 2.25. The lowest BCUT2D eigenvalue weighted by Gasteiger charge is -2.16. The van der Waals surface area contributed by atoms with Gasteiger partial charge in [-0.3, -0.25) is 0 Å². The van der Waals surface area contributed by atoms with Gasteiger partial charge in [0.05, 0.1) is 0 Å². The Bertz CT molecular complexity index is 457. The van der Waals surface area contributed by atoms with Crippen LogP contribution in [0.2, 0.25) is 0 Å². The summed E-state index contributed by atoms with van der Waals surface area (Å²) in [6.07, 6.45) is 2.57. The third-order valence-corrected chi connectivity index (χ3v) is 3.59. The number of amides is 2. The third-order valence-electron chi connectivity index (χ3n) is 3.59. The van der Waals surface area contributed by atoms with Gasteiger partial charge in [0, 0.05) is 30.9 Å². The van der Waals surface area contributed by atoms with Gasteiger partial charge < -0.3 is 21.3 Å². The van der Waals surface area contributed by atoms with Gasteiger partial charge in [0.1, 0.15) is 0 Å². The number of benzene rings is 1. The van der Waals surface area contributed by atoms with Crippen LogP contribution in [0.4, 0.5) is 10.5 Å². The number of nitrogens with one attached hydrogen (secondary N) is 2. The summed E-state index contributed by atoms with van der Waals surface area (Å²) >= 11 is 0. The second kappa shape index (κ2) is 6.72. The van der Waals surface area contributed by atoms with Crippen LogP contribution in [0.5, 0.6) is 0 Å². The van der Waals surface area contributed by atoms with Crippen molar-refractivity contribution in [2.45, 2.75) is 31.8 Å². The summed E-state index contributed by atoms with van der Waals surface area (Å²) in [5.74, 6) is 0. The van der Waals surface area contributed by atoms with Crippen molar-refractivity contribution in [2.75, 3.05) is 25.5 Å². The van der Waals surface area contributed by atoms with Crippen molar-refractivity contribution >= 4 is 11.7 Å². The molecule has 0 heterocycles. The number of urea groups is 1. The van der Waals surface area contributed by atoms with Crippen LogP contribution in [-0.4, -0.2) is 37.1 Å². The lowest BCUT2D eigenvalue weighted by atomic mass is 10.1. The van der Waals surface area contributed by atoms with Gasteiger partial charge in [-0.25, -0.2) is 4.79 Å². The van der Waals surface area contributed by atoms with Crippen LogP contribution in [0.3, 0.4) is 0 Å². The van der Waals surface area contributed by atoms with Crippen molar-refractivity contribution in [3.63, 3.8) is 0 Å². The summed E-state index contributed by atoms with van der Waals surface area (Å²) < 4.78 is 0. The highest BCUT2D eigenvalue weighted by atomic mass is 16.2. The van der Waals surface area contributed by atoms with Gasteiger partial charge in [-0.05, 0) is 44.5 Å². The second-order valence-corrected chi connectivity index (χ2v) is 5.51. The van der Waals surface area contributed by atoms with Crippen LogP contribution in [0.15, 0.2) is 24.3 Å². The first-order valence-corrected chi connectivity index (χ1v) is 7.17. The molecule has 1 saturated carbocycles. The van der Waals surface area contributed by atoms with Crippen LogP contribution in [-0.2, 0) is 0 Å². The highest BCUT2D eigenvalue weighted by Crippen LogP contribution is 2.24. The van der Waals surface area contributed by atoms with Gasteiger partial charge in [-0.1, -0.05) is 12.1 Å². The normalized spacial score (nSPS) is 16.0. The molecule has 1 atom stereocenters. The highest BCUT2D eigenvalue weighted by molar-refractivity contribution is 5.89. The van der Waals surface area contributed by atoms with Crippen molar-refractivity contribution in [3.05, 3.63) is 29.8 Å². The standard InChI is InChI=1S/C15H24N4O/c1-11(16)12-4-3-5-13(10-12)18-15(20)17-8-9-19(2)14-6-7-14/h3-5,10-11,14H,6-9,16H2,1-2H3,(H2,17,18,20). The molecule has 1 aromatic rings. The van der Waals surface area contributed by atoms with E-state index in [-0.39, 0.29) is 12.1 Å². The predicted octanol–water partition coefficient (Wildman–Crippen LogP) is 1.92. The van der Waals surface area contributed by atoms with Gasteiger partial charge in [-0.15, -0.1) is 0 Å². The van der Waals surface area contributed by atoms with Crippen LogP contribution in [0, 0.1) is 0 Å². The molecule has 5 nitrogen and oxygen atoms in total. The van der Waals surface area contributed by atoms with Gasteiger partial charge in [0.25, 0.3) is 0 Å². The molecule has 1 aliphatic carbocycles. The zero-order chi connectivity index (χ0) is 14.5. The van der Waals surface area contributed by atoms with Crippen LogP contribution in [0.1, 0.15) is 31.4 Å². The SMILES string of the molecule is CC(N)c1cccc(NC(=O)NCCN(C)C2CC2)c1. The Morgan fingerprint density at radius 2 is 2.25 bits per heavy atom. The topological polar surface area (TPSA) is 70.4 Å². The average Bonchev–Trinajstić information content (AvgIpc) is 3.23. The Hall–Kier alpha value is -1.59. The Balaban J connectivity index is 1.74. The Morgan fingerprint density at radius 1 is 1.50 bits per heavy atom. The number of hydrogen-bond donors (Lipinski definition) is 3. The summed E-state index contributed by atoms with van der Waals surface area (Å²) in [5.41, 5.74) is 7.61. The van der Waals surface area contributed by atoms with E-state index >= 15 is 0 Å². The van der Waals surface area contributed by atoms with Gasteiger partial charge >= 0.3 is 6.03 Å². The minimum Gasteiger partial charge on any atom is -0.337 e. The molecule has 1 unspecified atom stereocenters. The van der Waals surface area contributed by atoms with E-state index in [1.165, 1.54) is 12.8 Å². The van der Waals surface area contributed by atoms with E-state index in [1.807, 2.05) is 31.2 Å². The molecule has 0 radical (unpaired) electrons. The molecule has 4 N–H and O–H groups in total. The van der Waals surface area contributed by atoms with E-state index < -0.39 is 0 Å². The van der Waals surface area contributed by atoms with Crippen molar-refractivity contribution in [3.8, 4) is 0 Å². The molecule has 0 bridgehead atoms. The molecule has 1 aliphatic rings. The molecule has 20 heavy (non-hydrogen) atoms. The molecule has 1 fully saturated rings. The monoisotopic (exact) mass is 276 g/mol. The quantitative estimate of drug-likeness (QED) is 0.743. The molecule has 110 valence electrons. The Morgan fingerprint density at radius 3 is 2.90 bits per heavy atom. The predicted molar refractivity (Wildman–Crippen MR) is 81.7 cm³/mol. The lowest BCUT2D eigenvalue weighted by Crippen LogP contribution is -2.36. The fourth-order valence-corrected chi connectivity index (χ4v) is 2.12. The second-order valence-electron chi connectivity index (χ2n) is 5.51. The van der Waals surface area contributed by atoms with E-state index in [9.17, 15) is 4.79 Å². The molecule has 0 aromatic heterocycles. The summed E-state index contributed by atoms with van der Waals surface area (Å²) in [5, 5.41) is 5.70. The zero-order valence-corrected chi connectivity index (χ0v) is 12.2. The number of anilines is 1. The molecular weight excluding hydrogens is 252 g/mol. The maximum atomic E-state index is 11.8. The summed E-state index contributed by atoms with van der Waals surface area (Å²) in [4.78, 5) is 14.1. The Labute approximate surface area is 120 Å². The van der Waals surface area contributed by atoms with Gasteiger partial charge in [0.2, 0.25) is 0 Å². The van der Waals surface area contributed by atoms with Gasteiger partial charge in [-0.2, -0.15) is 0 Å². The van der Waals surface area contributed by atoms with Crippen molar-refractivity contribution in [2.24, 2.45) is 5.73 Å². The van der Waals surface area contributed by atoms with Crippen LogP contribution in [0.25, 0.3) is 0 Å². The number of likely N-dealkylation sites (N-methyl/N-ethyl adjacent to an activating group) is 1. The summed E-state index contributed by atoms with van der Waals surface area (Å²) in [6, 6.07) is 8.14. The van der Waals surface area contributed by atoms with E-state index in [1.54, 1.807) is 0 Å². The lowest BCUT2D eigenvalue weighted by molar-refractivity contribution is 0.249. The number of carbonyl (C=O) groups excluding carboxylic acids is 1. The molecule has 1 aromatic carbocycles. The Kier molecular flexibility index (Phi) is 4.98. The minimum absolute atomic E-state index is 0.0352. The molecule has 2 amide bonds. The fourth-order valence-electron chi connectivity index (χ4n) is 2.12. The van der Waals surface area contributed by atoms with E-state index in [2.05, 4.69) is 22.6 Å². The number of rotatable bonds is 6. The summed E-state index contributed by atoms with van der Waals surface area (Å²) in [6.45, 7) is 3.47. The van der Waals surface area contributed by atoms with Crippen molar-refractivity contribution < 1.29 is 4.79 Å². The van der Waals surface area contributed by atoms with Gasteiger partial charge in [0.15, 0.2) is 0 Å². The molecule has 2 rings (SSSR count). The molecule has 5 heteroatoms. The largest absolute Gasteiger partial charge is 0.337 e. The first-order chi connectivity index (χ1) is 9.56. The molecular formula is C15H24N4O. The van der Waals surface area contributed by atoms with E-state index in [0.717, 1.165) is 23.8 Å².